The fraction of sp³-hybridized carbons (Fsp3) is 0.235. The average Bonchev–Trinajstić information content (AvgIpc) is 2.59. The van der Waals surface area contributed by atoms with Gasteiger partial charge in [0.1, 0.15) is 11.4 Å². The van der Waals surface area contributed by atoms with Crippen LogP contribution in [0.1, 0.15) is 32.0 Å². The molecule has 0 saturated carbocycles. The minimum Gasteiger partial charge on any atom is -0.482 e. The number of hydrogen-bond acceptors (Lipinski definition) is 4. The number of benzene rings is 1. The van der Waals surface area contributed by atoms with E-state index in [2.05, 4.69) is 15.0 Å². The van der Waals surface area contributed by atoms with E-state index in [1.165, 1.54) is 18.2 Å². The largest absolute Gasteiger partial charge is 0.482 e. The van der Waals surface area contributed by atoms with Gasteiger partial charge in [-0.05, 0) is 30.7 Å². The van der Waals surface area contributed by atoms with Crippen LogP contribution < -0.4 is 15.8 Å². The summed E-state index contributed by atoms with van der Waals surface area (Å²) >= 11 is 0. The Bertz CT molecular complexity index is 941. The highest BCUT2D eigenvalue weighted by Gasteiger charge is 2.37. The van der Waals surface area contributed by atoms with Crippen LogP contribution in [0.15, 0.2) is 30.5 Å². The van der Waals surface area contributed by atoms with Gasteiger partial charge in [0.05, 0.1) is 11.8 Å². The third-order valence-corrected chi connectivity index (χ3v) is 3.55. The van der Waals surface area contributed by atoms with Gasteiger partial charge in [-0.1, -0.05) is 6.07 Å². The second-order valence-electron chi connectivity index (χ2n) is 5.82. The van der Waals surface area contributed by atoms with Gasteiger partial charge in [-0.25, -0.2) is 4.98 Å². The van der Waals surface area contributed by atoms with Crippen LogP contribution in [-0.4, -0.2) is 29.6 Å². The van der Waals surface area contributed by atoms with E-state index in [1.54, 1.807) is 6.92 Å². The molecule has 6 nitrogen and oxygen atoms in total. The predicted molar refractivity (Wildman–Crippen MR) is 88.4 cm³/mol. The lowest BCUT2D eigenvalue weighted by Crippen LogP contribution is -2.22. The van der Waals surface area contributed by atoms with Gasteiger partial charge >= 0.3 is 12.4 Å². The van der Waals surface area contributed by atoms with Crippen LogP contribution >= 0.6 is 0 Å². The number of nitrogens with zero attached hydrogens (tertiary/aromatic N) is 1. The van der Waals surface area contributed by atoms with E-state index in [9.17, 15) is 35.9 Å². The number of pyridine rings is 1. The number of nitrogens with one attached hydrogen (secondary N) is 1. The molecular formula is C17H13F6N3O3. The molecule has 3 N–H and O–H groups in total. The molecule has 12 heteroatoms. The highest BCUT2D eigenvalue weighted by molar-refractivity contribution is 6.05. The van der Waals surface area contributed by atoms with Gasteiger partial charge in [0.2, 0.25) is 5.91 Å². The van der Waals surface area contributed by atoms with Crippen molar-refractivity contribution in [1.82, 2.24) is 4.98 Å². The Morgan fingerprint density at radius 1 is 1.14 bits per heavy atom. The maximum absolute atomic E-state index is 13.3. The van der Waals surface area contributed by atoms with Crippen LogP contribution in [-0.2, 0) is 6.18 Å². The molecule has 0 aliphatic rings. The summed E-state index contributed by atoms with van der Waals surface area (Å²) in [7, 11) is 0. The number of halogens is 6. The van der Waals surface area contributed by atoms with Gasteiger partial charge in [-0.15, -0.1) is 0 Å². The zero-order chi connectivity index (χ0) is 22.0. The van der Waals surface area contributed by atoms with Crippen molar-refractivity contribution >= 4 is 17.5 Å². The van der Waals surface area contributed by atoms with Crippen molar-refractivity contribution < 1.29 is 40.7 Å². The van der Waals surface area contributed by atoms with Gasteiger partial charge < -0.3 is 15.8 Å². The second-order valence-corrected chi connectivity index (χ2v) is 5.82. The minimum absolute atomic E-state index is 0.0262. The monoisotopic (exact) mass is 421 g/mol. The molecule has 2 aromatic rings. The lowest BCUT2D eigenvalue weighted by atomic mass is 10.1. The SMILES string of the molecule is Cc1ccc(NC(=O)c2ncc(OCC(F)(F)F)cc2C(F)(F)F)cc1C(N)=O. The van der Waals surface area contributed by atoms with Crippen LogP contribution in [0.3, 0.4) is 0 Å². The van der Waals surface area contributed by atoms with Crippen LogP contribution in [0, 0.1) is 6.92 Å². The van der Waals surface area contributed by atoms with E-state index < -0.39 is 47.8 Å². The summed E-state index contributed by atoms with van der Waals surface area (Å²) in [6, 6.07) is 4.16. The number of rotatable bonds is 5. The number of alkyl halides is 6. The number of carbonyl (C=O) groups is 2. The quantitative estimate of drug-likeness (QED) is 0.720. The number of ether oxygens (including phenoxy) is 1. The predicted octanol–water partition coefficient (Wildman–Crippen LogP) is 3.70. The average molecular weight is 421 g/mol. The van der Waals surface area contributed by atoms with E-state index in [1.807, 2.05) is 0 Å². The molecule has 0 spiro atoms. The Morgan fingerprint density at radius 3 is 2.34 bits per heavy atom. The number of carbonyl (C=O) groups excluding carboxylic acids is 2. The molecule has 1 aromatic heterocycles. The highest BCUT2D eigenvalue weighted by Crippen LogP contribution is 2.34. The molecule has 0 radical (unpaired) electrons. The van der Waals surface area contributed by atoms with Crippen molar-refractivity contribution in [3.63, 3.8) is 0 Å². The molecule has 0 unspecified atom stereocenters. The molecule has 0 aliphatic heterocycles. The summed E-state index contributed by atoms with van der Waals surface area (Å²) in [5, 5.41) is 2.14. The first-order valence-corrected chi connectivity index (χ1v) is 7.76. The Morgan fingerprint density at radius 2 is 1.79 bits per heavy atom. The van der Waals surface area contributed by atoms with Crippen molar-refractivity contribution in [2.24, 2.45) is 5.73 Å². The number of primary amides is 1. The molecule has 0 bridgehead atoms. The van der Waals surface area contributed by atoms with Crippen molar-refractivity contribution in [1.29, 1.82) is 0 Å². The first kappa shape index (κ1) is 22.0. The minimum atomic E-state index is -5.09. The normalized spacial score (nSPS) is 11.8. The van der Waals surface area contributed by atoms with Crippen molar-refractivity contribution in [3.8, 4) is 5.75 Å². The van der Waals surface area contributed by atoms with Gasteiger partial charge in [0, 0.05) is 11.3 Å². The Balaban J connectivity index is 2.34. The van der Waals surface area contributed by atoms with Gasteiger partial charge in [-0.3, -0.25) is 9.59 Å². The van der Waals surface area contributed by atoms with Gasteiger partial charge in [0.25, 0.3) is 5.91 Å². The number of aromatic nitrogens is 1. The molecule has 0 saturated heterocycles. The summed E-state index contributed by atoms with van der Waals surface area (Å²) in [6.07, 6.45) is -9.29. The van der Waals surface area contributed by atoms with Gasteiger partial charge in [0.15, 0.2) is 6.61 Å². The lowest BCUT2D eigenvalue weighted by molar-refractivity contribution is -0.153. The number of nitrogens with two attached hydrogens (primary N) is 1. The summed E-state index contributed by atoms with van der Waals surface area (Å²) < 4.78 is 80.6. The first-order valence-electron chi connectivity index (χ1n) is 7.76. The van der Waals surface area contributed by atoms with Crippen molar-refractivity contribution in [2.75, 3.05) is 11.9 Å². The van der Waals surface area contributed by atoms with Crippen LogP contribution in [0.4, 0.5) is 32.0 Å². The molecule has 0 fully saturated rings. The molecule has 0 atom stereocenters. The number of hydrogen-bond donors (Lipinski definition) is 2. The van der Waals surface area contributed by atoms with Crippen LogP contribution in [0.2, 0.25) is 0 Å². The summed E-state index contributed by atoms with van der Waals surface area (Å²) in [5.41, 5.74) is 3.00. The van der Waals surface area contributed by atoms with E-state index in [4.69, 9.17) is 5.73 Å². The summed E-state index contributed by atoms with van der Waals surface area (Å²) in [5.74, 6) is -2.91. The summed E-state index contributed by atoms with van der Waals surface area (Å²) in [6.45, 7) is -0.258. The third-order valence-electron chi connectivity index (χ3n) is 3.55. The fourth-order valence-electron chi connectivity index (χ4n) is 2.24. The smallest absolute Gasteiger partial charge is 0.422 e. The highest BCUT2D eigenvalue weighted by atomic mass is 19.4. The second kappa shape index (κ2) is 7.97. The number of aryl methyl sites for hydroxylation is 1. The number of amides is 2. The molecule has 0 aliphatic carbocycles. The maximum atomic E-state index is 13.3. The molecule has 156 valence electrons. The molecule has 29 heavy (non-hydrogen) atoms. The lowest BCUT2D eigenvalue weighted by Gasteiger charge is -2.15. The molecule has 2 amide bonds. The first-order chi connectivity index (χ1) is 13.3. The van der Waals surface area contributed by atoms with E-state index in [-0.39, 0.29) is 17.3 Å². The van der Waals surface area contributed by atoms with E-state index >= 15 is 0 Å². The Labute approximate surface area is 159 Å². The fourth-order valence-corrected chi connectivity index (χ4v) is 2.24. The van der Waals surface area contributed by atoms with Crippen LogP contribution in [0.5, 0.6) is 5.75 Å². The zero-order valence-corrected chi connectivity index (χ0v) is 14.6. The molecule has 1 heterocycles. The van der Waals surface area contributed by atoms with Crippen molar-refractivity contribution in [2.45, 2.75) is 19.3 Å². The third kappa shape index (κ3) is 5.83. The molecule has 2 rings (SSSR count). The van der Waals surface area contributed by atoms with Gasteiger partial charge in [-0.2, -0.15) is 26.3 Å². The zero-order valence-electron chi connectivity index (χ0n) is 14.6. The van der Waals surface area contributed by atoms with E-state index in [0.29, 0.717) is 11.8 Å². The summed E-state index contributed by atoms with van der Waals surface area (Å²) in [4.78, 5) is 26.9. The standard InChI is InChI=1S/C17H13F6N3O3/c1-8-2-3-9(4-11(8)14(24)27)26-15(28)13-12(17(21,22)23)5-10(6-25-13)29-7-16(18,19)20/h2-6H,7H2,1H3,(H2,24,27)(H,26,28). The molecule has 1 aromatic carbocycles. The van der Waals surface area contributed by atoms with Crippen LogP contribution in [0.25, 0.3) is 0 Å². The maximum Gasteiger partial charge on any atom is 0.422 e. The Hall–Kier alpha value is -3.31. The van der Waals surface area contributed by atoms with Crippen molar-refractivity contribution in [3.05, 3.63) is 52.8 Å². The van der Waals surface area contributed by atoms with E-state index in [0.717, 1.165) is 0 Å². The topological polar surface area (TPSA) is 94.3 Å². The molecular weight excluding hydrogens is 408 g/mol. The number of anilines is 1. The Kier molecular flexibility index (Phi) is 6.04.